The summed E-state index contributed by atoms with van der Waals surface area (Å²) in [4.78, 5) is 11.9. The van der Waals surface area contributed by atoms with Crippen LogP contribution >= 0.6 is 11.8 Å². The minimum absolute atomic E-state index is 0.00516. The van der Waals surface area contributed by atoms with Crippen LogP contribution in [0, 0.1) is 11.8 Å². The molecule has 2 aliphatic heterocycles. The Kier molecular flexibility index (Phi) is 3.31. The summed E-state index contributed by atoms with van der Waals surface area (Å²) in [5.74, 6) is 0.396. The average Bonchev–Trinajstić information content (AvgIpc) is 2.79. The van der Waals surface area contributed by atoms with Crippen molar-refractivity contribution in [1.29, 1.82) is 0 Å². The van der Waals surface area contributed by atoms with Crippen LogP contribution in [0.1, 0.15) is 46.0 Å². The van der Waals surface area contributed by atoms with Crippen LogP contribution in [-0.2, 0) is 9.53 Å². The second-order valence-electron chi connectivity index (χ2n) is 5.95. The molecular weight excluding hydrogens is 244 g/mol. The summed E-state index contributed by atoms with van der Waals surface area (Å²) in [7, 11) is 0. The van der Waals surface area contributed by atoms with Gasteiger partial charge in [-0.1, -0.05) is 39.2 Å². The van der Waals surface area contributed by atoms with E-state index in [2.05, 4.69) is 12.2 Å². The highest BCUT2D eigenvalue weighted by Crippen LogP contribution is 2.51. The lowest BCUT2D eigenvalue weighted by atomic mass is 9.87. The maximum absolute atomic E-state index is 12.3. The van der Waals surface area contributed by atoms with Crippen molar-refractivity contribution in [1.82, 2.24) is 0 Å². The zero-order valence-electron chi connectivity index (χ0n) is 11.2. The number of thioether (sulfide) groups is 1. The van der Waals surface area contributed by atoms with Crippen LogP contribution in [0.5, 0.6) is 0 Å². The van der Waals surface area contributed by atoms with Gasteiger partial charge >= 0.3 is 0 Å². The number of carbonyl (C=O) groups excluding carboxylic acids is 1. The summed E-state index contributed by atoms with van der Waals surface area (Å²) in [6.45, 7) is 4.04. The molecule has 0 spiro atoms. The fourth-order valence-corrected chi connectivity index (χ4v) is 5.14. The van der Waals surface area contributed by atoms with Crippen LogP contribution in [0.4, 0.5) is 0 Å². The summed E-state index contributed by atoms with van der Waals surface area (Å²) in [6.07, 6.45) is 10.9. The molecule has 2 heterocycles. The van der Waals surface area contributed by atoms with Gasteiger partial charge in [0.15, 0.2) is 0 Å². The van der Waals surface area contributed by atoms with Gasteiger partial charge in [-0.05, 0) is 18.9 Å². The van der Waals surface area contributed by atoms with Crippen LogP contribution in [-0.4, -0.2) is 22.1 Å². The van der Waals surface area contributed by atoms with E-state index in [-0.39, 0.29) is 22.9 Å². The number of carbonyl (C=O) groups is 1. The summed E-state index contributed by atoms with van der Waals surface area (Å²) in [6, 6.07) is 0. The van der Waals surface area contributed by atoms with Gasteiger partial charge in [-0.25, -0.2) is 0 Å². The predicted molar refractivity (Wildman–Crippen MR) is 74.5 cm³/mol. The normalized spacial score (nSPS) is 44.6. The van der Waals surface area contributed by atoms with E-state index >= 15 is 0 Å². The molecule has 0 aromatic heterocycles. The molecule has 3 aliphatic rings. The molecule has 0 radical (unpaired) electrons. The Morgan fingerprint density at radius 1 is 1.28 bits per heavy atom. The molecule has 0 aromatic rings. The van der Waals surface area contributed by atoms with Gasteiger partial charge in [0.05, 0.1) is 12.0 Å². The highest BCUT2D eigenvalue weighted by molar-refractivity contribution is 8.01. The highest BCUT2D eigenvalue weighted by Gasteiger charge is 2.53. The summed E-state index contributed by atoms with van der Waals surface area (Å²) < 4.78 is 6.21. The van der Waals surface area contributed by atoms with Crippen molar-refractivity contribution >= 4 is 17.5 Å². The van der Waals surface area contributed by atoms with E-state index in [4.69, 9.17) is 4.74 Å². The summed E-state index contributed by atoms with van der Waals surface area (Å²) in [5.41, 5.74) is 0. The standard InChI is InChI=1S/C15H22O2S/c1-10-13-8-9-15(17-13,11(2)14(10)16)18-12-6-4-3-5-7-12/h8-13H,3-7H2,1-2H3/t10-,11-,13+,15-/m1/s1. The highest BCUT2D eigenvalue weighted by atomic mass is 32.2. The molecule has 18 heavy (non-hydrogen) atoms. The fourth-order valence-electron chi connectivity index (χ4n) is 3.40. The molecule has 2 fully saturated rings. The number of rotatable bonds is 2. The van der Waals surface area contributed by atoms with Gasteiger partial charge < -0.3 is 4.74 Å². The minimum atomic E-state index is -0.351. The molecule has 1 aliphatic carbocycles. The van der Waals surface area contributed by atoms with Crippen molar-refractivity contribution < 1.29 is 9.53 Å². The first-order valence-corrected chi connectivity index (χ1v) is 8.09. The SMILES string of the molecule is C[C@@H]1C(=O)[C@H](C)[C@@H]2C=C[C@]1(SC1CCCCC1)O2. The number of ether oxygens (including phenoxy) is 1. The van der Waals surface area contributed by atoms with E-state index < -0.39 is 0 Å². The second-order valence-corrected chi connectivity index (χ2v) is 7.49. The Labute approximate surface area is 114 Å². The fraction of sp³-hybridized carbons (Fsp3) is 0.800. The van der Waals surface area contributed by atoms with E-state index in [0.29, 0.717) is 11.0 Å². The Morgan fingerprint density at radius 3 is 2.72 bits per heavy atom. The quantitative estimate of drug-likeness (QED) is 0.715. The first-order chi connectivity index (χ1) is 8.62. The van der Waals surface area contributed by atoms with E-state index in [1.807, 2.05) is 25.6 Å². The predicted octanol–water partition coefficient (Wildman–Crippen LogP) is 3.56. The smallest absolute Gasteiger partial charge is 0.145 e. The topological polar surface area (TPSA) is 26.3 Å². The first kappa shape index (κ1) is 12.7. The van der Waals surface area contributed by atoms with Crippen molar-refractivity contribution in [3.8, 4) is 0 Å². The van der Waals surface area contributed by atoms with Gasteiger partial charge in [0.1, 0.15) is 10.7 Å². The van der Waals surface area contributed by atoms with Crippen molar-refractivity contribution in [2.75, 3.05) is 0 Å². The molecule has 1 saturated carbocycles. The van der Waals surface area contributed by atoms with Gasteiger partial charge in [-0.15, -0.1) is 11.8 Å². The largest absolute Gasteiger partial charge is 0.352 e. The van der Waals surface area contributed by atoms with Gasteiger partial charge in [0.2, 0.25) is 0 Å². The van der Waals surface area contributed by atoms with Crippen molar-refractivity contribution in [2.24, 2.45) is 11.8 Å². The van der Waals surface area contributed by atoms with Crippen molar-refractivity contribution in [3.05, 3.63) is 12.2 Å². The Bertz CT molecular complexity index is 373. The van der Waals surface area contributed by atoms with Crippen molar-refractivity contribution in [2.45, 2.75) is 62.2 Å². The number of ketones is 1. The third kappa shape index (κ3) is 1.96. The molecule has 0 unspecified atom stereocenters. The van der Waals surface area contributed by atoms with E-state index in [9.17, 15) is 4.79 Å². The third-order valence-corrected chi connectivity index (χ3v) is 6.47. The van der Waals surface area contributed by atoms with E-state index in [1.54, 1.807) is 0 Å². The molecule has 3 heteroatoms. The number of hydrogen-bond acceptors (Lipinski definition) is 3. The zero-order chi connectivity index (χ0) is 12.8. The summed E-state index contributed by atoms with van der Waals surface area (Å²) >= 11 is 1.91. The Hall–Kier alpha value is -0.280. The van der Waals surface area contributed by atoms with Crippen LogP contribution in [0.2, 0.25) is 0 Å². The molecule has 0 amide bonds. The van der Waals surface area contributed by atoms with Crippen LogP contribution in [0.3, 0.4) is 0 Å². The average molecular weight is 266 g/mol. The van der Waals surface area contributed by atoms with Gasteiger partial charge in [-0.2, -0.15) is 0 Å². The minimum Gasteiger partial charge on any atom is -0.352 e. The second kappa shape index (κ2) is 4.68. The molecule has 1 saturated heterocycles. The van der Waals surface area contributed by atoms with E-state index in [0.717, 1.165) is 0 Å². The maximum Gasteiger partial charge on any atom is 0.145 e. The molecule has 0 N–H and O–H groups in total. The lowest BCUT2D eigenvalue weighted by Gasteiger charge is -2.42. The van der Waals surface area contributed by atoms with E-state index in [1.165, 1.54) is 32.1 Å². The van der Waals surface area contributed by atoms with Gasteiger partial charge in [-0.3, -0.25) is 4.79 Å². The van der Waals surface area contributed by atoms with Gasteiger partial charge in [0.25, 0.3) is 0 Å². The molecule has 0 aromatic carbocycles. The lowest BCUT2D eigenvalue weighted by Crippen LogP contribution is -2.49. The number of fused-ring (bicyclic) bond motifs is 2. The lowest BCUT2D eigenvalue weighted by molar-refractivity contribution is -0.146. The Morgan fingerprint density at radius 2 is 2.00 bits per heavy atom. The number of hydrogen-bond donors (Lipinski definition) is 0. The van der Waals surface area contributed by atoms with Gasteiger partial charge in [0, 0.05) is 11.2 Å². The monoisotopic (exact) mass is 266 g/mol. The zero-order valence-corrected chi connectivity index (χ0v) is 12.0. The number of Topliss-reactive ketones (excluding diaryl/α,β-unsaturated/α-hetero) is 1. The van der Waals surface area contributed by atoms with Crippen LogP contribution < -0.4 is 0 Å². The van der Waals surface area contributed by atoms with Crippen LogP contribution in [0.15, 0.2) is 12.2 Å². The molecule has 4 atom stereocenters. The Balaban J connectivity index is 1.77. The maximum atomic E-state index is 12.3. The molecular formula is C15H22O2S. The molecule has 100 valence electrons. The molecule has 3 rings (SSSR count). The third-order valence-electron chi connectivity index (χ3n) is 4.71. The molecule has 2 bridgehead atoms. The summed E-state index contributed by atoms with van der Waals surface area (Å²) in [5, 5.41) is 0.672. The molecule has 2 nitrogen and oxygen atoms in total. The van der Waals surface area contributed by atoms with Crippen molar-refractivity contribution in [3.63, 3.8) is 0 Å². The first-order valence-electron chi connectivity index (χ1n) is 7.21. The van der Waals surface area contributed by atoms with Crippen LogP contribution in [0.25, 0.3) is 0 Å².